The third kappa shape index (κ3) is 3.85. The highest BCUT2D eigenvalue weighted by Gasteiger charge is 2.20. The van der Waals surface area contributed by atoms with Crippen molar-refractivity contribution in [3.05, 3.63) is 23.8 Å². The van der Waals surface area contributed by atoms with Gasteiger partial charge in [-0.15, -0.1) is 0 Å². The van der Waals surface area contributed by atoms with Crippen LogP contribution in [0, 0.1) is 5.92 Å². The summed E-state index contributed by atoms with van der Waals surface area (Å²) in [5.74, 6) is 2.08. The maximum atomic E-state index is 5.38. The molecule has 0 saturated heterocycles. The highest BCUT2D eigenvalue weighted by molar-refractivity contribution is 5.44. The van der Waals surface area contributed by atoms with Gasteiger partial charge in [0.05, 0.1) is 14.2 Å². The van der Waals surface area contributed by atoms with Gasteiger partial charge >= 0.3 is 0 Å². The Kier molecular flexibility index (Phi) is 6.67. The number of benzene rings is 1. The first-order valence-electron chi connectivity index (χ1n) is 6.75. The topological polar surface area (TPSA) is 42.5 Å². The van der Waals surface area contributed by atoms with Gasteiger partial charge in [0.15, 0.2) is 11.5 Å². The van der Waals surface area contributed by atoms with Gasteiger partial charge in [0.25, 0.3) is 0 Å². The first kappa shape index (κ1) is 15.8. The normalized spacial score (nSPS) is 13.9. The number of hydrogen-bond acceptors (Lipinski definition) is 4. The van der Waals surface area contributed by atoms with Crippen LogP contribution in [0.3, 0.4) is 0 Å². The van der Waals surface area contributed by atoms with Crippen LogP contribution in [0.4, 0.5) is 0 Å². The summed E-state index contributed by atoms with van der Waals surface area (Å²) in [6.45, 7) is 3.20. The van der Waals surface area contributed by atoms with Crippen molar-refractivity contribution in [1.82, 2.24) is 10.6 Å². The minimum atomic E-state index is 0.303. The molecule has 0 amide bonds. The lowest BCUT2D eigenvalue weighted by molar-refractivity contribution is 0.344. The molecule has 0 radical (unpaired) electrons. The van der Waals surface area contributed by atoms with Crippen LogP contribution in [0.25, 0.3) is 0 Å². The van der Waals surface area contributed by atoms with Crippen molar-refractivity contribution in [2.75, 3.05) is 34.9 Å². The van der Waals surface area contributed by atoms with Crippen LogP contribution in [-0.2, 0) is 0 Å². The van der Waals surface area contributed by atoms with Crippen LogP contribution in [0.5, 0.6) is 11.5 Å². The molecule has 1 aromatic carbocycles. The summed E-state index contributed by atoms with van der Waals surface area (Å²) in [6.07, 6.45) is 1.11. The van der Waals surface area contributed by atoms with E-state index >= 15 is 0 Å². The van der Waals surface area contributed by atoms with Gasteiger partial charge in [-0.25, -0.2) is 0 Å². The molecule has 0 aliphatic rings. The lowest BCUT2D eigenvalue weighted by Crippen LogP contribution is -2.31. The Labute approximate surface area is 116 Å². The van der Waals surface area contributed by atoms with Crippen molar-refractivity contribution in [3.63, 3.8) is 0 Å². The Bertz CT molecular complexity index is 382. The number of methoxy groups -OCH3 is 2. The molecule has 2 N–H and O–H groups in total. The minimum Gasteiger partial charge on any atom is -0.493 e. The fourth-order valence-electron chi connectivity index (χ4n) is 2.48. The number of rotatable bonds is 8. The van der Waals surface area contributed by atoms with Crippen LogP contribution in [0.2, 0.25) is 0 Å². The first-order valence-corrected chi connectivity index (χ1v) is 6.75. The van der Waals surface area contributed by atoms with E-state index in [0.29, 0.717) is 12.0 Å². The second-order valence-electron chi connectivity index (χ2n) is 4.61. The van der Waals surface area contributed by atoms with Gasteiger partial charge in [-0.3, -0.25) is 0 Å². The number of hydrogen-bond donors (Lipinski definition) is 2. The quantitative estimate of drug-likeness (QED) is 0.757. The molecule has 0 aliphatic heterocycles. The zero-order valence-electron chi connectivity index (χ0n) is 12.6. The summed E-state index contributed by atoms with van der Waals surface area (Å²) in [7, 11) is 7.31. The van der Waals surface area contributed by atoms with Crippen LogP contribution >= 0.6 is 0 Å². The summed E-state index contributed by atoms with van der Waals surface area (Å²) in [5, 5.41) is 6.67. The molecule has 0 heterocycles. The molecule has 2 atom stereocenters. The van der Waals surface area contributed by atoms with E-state index in [1.54, 1.807) is 14.2 Å². The molecule has 0 bridgehead atoms. The molecule has 1 rings (SSSR count). The summed E-state index contributed by atoms with van der Waals surface area (Å²) in [5.41, 5.74) is 1.22. The molecule has 0 saturated carbocycles. The van der Waals surface area contributed by atoms with Crippen LogP contribution in [0.1, 0.15) is 24.9 Å². The van der Waals surface area contributed by atoms with Crippen molar-refractivity contribution in [1.29, 1.82) is 0 Å². The van der Waals surface area contributed by atoms with E-state index in [1.807, 2.05) is 20.2 Å². The van der Waals surface area contributed by atoms with Crippen molar-refractivity contribution < 1.29 is 9.47 Å². The van der Waals surface area contributed by atoms with E-state index in [9.17, 15) is 0 Å². The van der Waals surface area contributed by atoms with E-state index in [0.717, 1.165) is 24.5 Å². The second kappa shape index (κ2) is 8.02. The van der Waals surface area contributed by atoms with Crippen molar-refractivity contribution >= 4 is 0 Å². The summed E-state index contributed by atoms with van der Waals surface area (Å²) >= 11 is 0. The van der Waals surface area contributed by atoms with E-state index < -0.39 is 0 Å². The zero-order chi connectivity index (χ0) is 14.3. The van der Waals surface area contributed by atoms with Gasteiger partial charge in [0.2, 0.25) is 0 Å². The molecule has 0 aromatic heterocycles. The monoisotopic (exact) mass is 266 g/mol. The van der Waals surface area contributed by atoms with Crippen molar-refractivity contribution in [2.45, 2.75) is 19.4 Å². The van der Waals surface area contributed by atoms with Crippen LogP contribution < -0.4 is 20.1 Å². The maximum absolute atomic E-state index is 5.38. The summed E-state index contributed by atoms with van der Waals surface area (Å²) in [4.78, 5) is 0. The number of nitrogens with one attached hydrogen (secondary N) is 2. The highest BCUT2D eigenvalue weighted by atomic mass is 16.5. The second-order valence-corrected chi connectivity index (χ2v) is 4.61. The van der Waals surface area contributed by atoms with Gasteiger partial charge in [-0.1, -0.05) is 19.4 Å². The first-order chi connectivity index (χ1) is 9.21. The van der Waals surface area contributed by atoms with E-state index in [4.69, 9.17) is 9.47 Å². The zero-order valence-corrected chi connectivity index (χ0v) is 12.6. The third-order valence-corrected chi connectivity index (χ3v) is 3.54. The molecule has 0 fully saturated rings. The molecule has 4 heteroatoms. The Morgan fingerprint density at radius 1 is 1.11 bits per heavy atom. The van der Waals surface area contributed by atoms with Gasteiger partial charge in [0.1, 0.15) is 0 Å². The van der Waals surface area contributed by atoms with Crippen molar-refractivity contribution in [2.24, 2.45) is 5.92 Å². The molecule has 4 nitrogen and oxygen atoms in total. The average molecular weight is 266 g/mol. The van der Waals surface area contributed by atoms with Gasteiger partial charge in [0, 0.05) is 6.04 Å². The van der Waals surface area contributed by atoms with Gasteiger partial charge in [-0.05, 0) is 44.3 Å². The number of ether oxygens (including phenoxy) is 2. The predicted molar refractivity (Wildman–Crippen MR) is 79.1 cm³/mol. The molecular weight excluding hydrogens is 240 g/mol. The molecule has 1 aromatic rings. The molecule has 0 spiro atoms. The molecule has 19 heavy (non-hydrogen) atoms. The fraction of sp³-hybridized carbons (Fsp3) is 0.600. The Balaban J connectivity index is 3.03. The predicted octanol–water partition coefficient (Wildman–Crippen LogP) is 2.21. The maximum Gasteiger partial charge on any atom is 0.161 e. The molecular formula is C15H26N2O2. The highest BCUT2D eigenvalue weighted by Crippen LogP contribution is 2.32. The van der Waals surface area contributed by atoms with Gasteiger partial charge in [-0.2, -0.15) is 0 Å². The Morgan fingerprint density at radius 2 is 1.79 bits per heavy atom. The SMILES string of the molecule is CCC(CNC)C(NC)c1ccc(OC)c(OC)c1. The van der Waals surface area contributed by atoms with Gasteiger partial charge < -0.3 is 20.1 Å². The summed E-state index contributed by atoms with van der Waals surface area (Å²) in [6, 6.07) is 6.42. The van der Waals surface area contributed by atoms with E-state index in [1.165, 1.54) is 5.56 Å². The van der Waals surface area contributed by atoms with E-state index in [2.05, 4.69) is 29.7 Å². The van der Waals surface area contributed by atoms with E-state index in [-0.39, 0.29) is 0 Å². The lowest BCUT2D eigenvalue weighted by Gasteiger charge is -2.27. The smallest absolute Gasteiger partial charge is 0.161 e. The fourth-order valence-corrected chi connectivity index (χ4v) is 2.48. The minimum absolute atomic E-state index is 0.303. The van der Waals surface area contributed by atoms with Crippen LogP contribution in [-0.4, -0.2) is 34.9 Å². The average Bonchev–Trinajstić information content (AvgIpc) is 2.46. The largest absolute Gasteiger partial charge is 0.493 e. The lowest BCUT2D eigenvalue weighted by atomic mass is 9.90. The molecule has 0 aliphatic carbocycles. The summed E-state index contributed by atoms with van der Waals surface area (Å²) < 4.78 is 10.7. The Morgan fingerprint density at radius 3 is 2.26 bits per heavy atom. The molecule has 2 unspecified atom stereocenters. The Hall–Kier alpha value is -1.26. The van der Waals surface area contributed by atoms with Crippen molar-refractivity contribution in [3.8, 4) is 11.5 Å². The van der Waals surface area contributed by atoms with Crippen LogP contribution in [0.15, 0.2) is 18.2 Å². The molecule has 108 valence electrons. The standard InChI is InChI=1S/C15H26N2O2/c1-6-11(10-16-2)15(17-3)12-7-8-13(18-4)14(9-12)19-5/h7-9,11,15-17H,6,10H2,1-5H3. The third-order valence-electron chi connectivity index (χ3n) is 3.54.